The van der Waals surface area contributed by atoms with Crippen LogP contribution in [-0.2, 0) is 25.7 Å². The van der Waals surface area contributed by atoms with Crippen LogP contribution in [-0.4, -0.2) is 40.7 Å². The molecule has 1 N–H and O–H groups in total. The van der Waals surface area contributed by atoms with Gasteiger partial charge in [-0.1, -0.05) is 29.3 Å². The van der Waals surface area contributed by atoms with Gasteiger partial charge in [-0.05, 0) is 95.6 Å². The average Bonchev–Trinajstić information content (AvgIpc) is 3.67. The predicted octanol–water partition coefficient (Wildman–Crippen LogP) is 6.29. The van der Waals surface area contributed by atoms with Crippen LogP contribution in [0.1, 0.15) is 36.1 Å². The summed E-state index contributed by atoms with van der Waals surface area (Å²) in [6, 6.07) is 10.9. The molecular formula is C33H27ClFIN2O6S. The van der Waals surface area contributed by atoms with Crippen molar-refractivity contribution in [1.82, 2.24) is 4.90 Å². The number of ether oxygens (including phenoxy) is 1. The van der Waals surface area contributed by atoms with Gasteiger partial charge in [-0.15, -0.1) is 11.3 Å². The van der Waals surface area contributed by atoms with Gasteiger partial charge in [0, 0.05) is 10.8 Å². The SMILES string of the molecule is COc1cc(C2C3=CCC4C(=O)N(Cc5cccs5)C(=O)C4C3CC3C(=O)N(c4ccc(F)c(Cl)c4)C(=O)C32C)cc(I)c1O. The molecule has 8 nitrogen and oxygen atoms in total. The molecule has 4 amide bonds. The number of aromatic hydroxyl groups is 1. The van der Waals surface area contributed by atoms with E-state index < -0.39 is 52.6 Å². The van der Waals surface area contributed by atoms with Gasteiger partial charge in [0.05, 0.1) is 51.1 Å². The molecule has 3 heterocycles. The van der Waals surface area contributed by atoms with Crippen LogP contribution in [0.2, 0.25) is 5.02 Å². The quantitative estimate of drug-likeness (QED) is 0.186. The maximum atomic E-state index is 14.5. The van der Waals surface area contributed by atoms with Crippen molar-refractivity contribution in [1.29, 1.82) is 0 Å². The highest BCUT2D eigenvalue weighted by Gasteiger charge is 2.67. The molecule has 0 bridgehead atoms. The number of rotatable bonds is 5. The summed E-state index contributed by atoms with van der Waals surface area (Å²) in [6.45, 7) is 1.95. The van der Waals surface area contributed by atoms with E-state index in [2.05, 4.69) is 0 Å². The third kappa shape index (κ3) is 4.40. The number of thiophene rings is 1. The lowest BCUT2D eigenvalue weighted by molar-refractivity contribution is -0.141. The minimum atomic E-state index is -1.31. The van der Waals surface area contributed by atoms with E-state index in [9.17, 15) is 28.7 Å². The Morgan fingerprint density at radius 3 is 2.58 bits per heavy atom. The molecule has 7 rings (SSSR count). The first-order valence-electron chi connectivity index (χ1n) is 14.4. The van der Waals surface area contributed by atoms with E-state index in [-0.39, 0.29) is 47.0 Å². The largest absolute Gasteiger partial charge is 0.504 e. The summed E-state index contributed by atoms with van der Waals surface area (Å²) in [5, 5.41) is 12.3. The molecule has 0 spiro atoms. The molecule has 232 valence electrons. The van der Waals surface area contributed by atoms with Gasteiger partial charge in [-0.2, -0.15) is 0 Å². The van der Waals surface area contributed by atoms with Gasteiger partial charge in [0.15, 0.2) is 11.5 Å². The minimum Gasteiger partial charge on any atom is -0.504 e. The lowest BCUT2D eigenvalue weighted by Gasteiger charge is -2.49. The van der Waals surface area contributed by atoms with E-state index in [1.165, 1.54) is 35.5 Å². The third-order valence-corrected chi connectivity index (χ3v) is 12.0. The first-order valence-corrected chi connectivity index (χ1v) is 16.8. The Hall–Kier alpha value is -3.29. The molecule has 6 unspecified atom stereocenters. The summed E-state index contributed by atoms with van der Waals surface area (Å²) >= 11 is 9.54. The standard InChI is InChI=1S/C33H27ClFIN2O6S/c1-33-21(30(41)38(32(33)43)16-5-8-23(35)22(34)12-16)13-20-18(27(33)15-10-24(36)28(39)25(11-15)44-2)6-7-19-26(20)31(42)37(29(19)40)14-17-4-3-9-45-17/h3-6,8-12,19-21,26-27,39H,7,13-14H2,1-2H3. The summed E-state index contributed by atoms with van der Waals surface area (Å²) < 4.78 is 20.1. The first-order chi connectivity index (χ1) is 21.5. The number of phenols is 1. The zero-order chi connectivity index (χ0) is 31.9. The van der Waals surface area contributed by atoms with E-state index in [1.807, 2.05) is 46.2 Å². The second-order valence-electron chi connectivity index (χ2n) is 12.2. The number of amides is 4. The Balaban J connectivity index is 1.37. The van der Waals surface area contributed by atoms with Crippen molar-refractivity contribution in [3.05, 3.63) is 84.3 Å². The molecule has 1 aromatic heterocycles. The third-order valence-electron chi connectivity index (χ3n) is 10.0. The van der Waals surface area contributed by atoms with Crippen molar-refractivity contribution >= 4 is 74.8 Å². The second kappa shape index (κ2) is 10.9. The fraction of sp³-hybridized carbons (Fsp3) is 0.333. The monoisotopic (exact) mass is 760 g/mol. The number of hydrogen-bond donors (Lipinski definition) is 1. The van der Waals surface area contributed by atoms with Gasteiger partial charge in [0.2, 0.25) is 23.6 Å². The number of halogens is 3. The van der Waals surface area contributed by atoms with Crippen molar-refractivity contribution in [2.24, 2.45) is 29.1 Å². The van der Waals surface area contributed by atoms with Crippen molar-refractivity contribution in [2.75, 3.05) is 12.0 Å². The summed E-state index contributed by atoms with van der Waals surface area (Å²) in [7, 11) is 1.43. The molecule has 2 aliphatic heterocycles. The number of likely N-dealkylation sites (tertiary alicyclic amines) is 1. The van der Waals surface area contributed by atoms with Crippen molar-refractivity contribution in [3.8, 4) is 11.5 Å². The van der Waals surface area contributed by atoms with Crippen LogP contribution in [0.4, 0.5) is 10.1 Å². The van der Waals surface area contributed by atoms with Gasteiger partial charge in [-0.3, -0.25) is 24.1 Å². The number of imide groups is 2. The number of benzene rings is 2. The minimum absolute atomic E-state index is 0.0502. The number of allylic oxidation sites excluding steroid dienone is 2. The molecule has 45 heavy (non-hydrogen) atoms. The van der Waals surface area contributed by atoms with Crippen molar-refractivity contribution in [3.63, 3.8) is 0 Å². The molecule has 2 aromatic carbocycles. The Morgan fingerprint density at radius 1 is 1.11 bits per heavy atom. The van der Waals surface area contributed by atoms with E-state index in [1.54, 1.807) is 19.1 Å². The lowest BCUT2D eigenvalue weighted by atomic mass is 9.51. The molecule has 3 aromatic rings. The van der Waals surface area contributed by atoms with Gasteiger partial charge >= 0.3 is 0 Å². The van der Waals surface area contributed by atoms with Crippen LogP contribution in [0.5, 0.6) is 11.5 Å². The fourth-order valence-electron chi connectivity index (χ4n) is 7.96. The zero-order valence-corrected chi connectivity index (χ0v) is 27.9. The lowest BCUT2D eigenvalue weighted by Crippen LogP contribution is -2.48. The number of anilines is 1. The van der Waals surface area contributed by atoms with Gasteiger partial charge in [0.1, 0.15) is 5.82 Å². The number of hydrogen-bond acceptors (Lipinski definition) is 7. The summed E-state index contributed by atoms with van der Waals surface area (Å²) in [5.41, 5.74) is 0.314. The van der Waals surface area contributed by atoms with Crippen LogP contribution in [0, 0.1) is 38.5 Å². The Kier molecular flexibility index (Phi) is 7.36. The number of nitrogens with zero attached hydrogens (tertiary/aromatic N) is 2. The normalized spacial score (nSPS) is 29.1. The van der Waals surface area contributed by atoms with Crippen LogP contribution >= 0.6 is 45.5 Å². The average molecular weight is 761 g/mol. The van der Waals surface area contributed by atoms with Crippen LogP contribution in [0.3, 0.4) is 0 Å². The fourth-order valence-corrected chi connectivity index (χ4v) is 9.45. The second-order valence-corrected chi connectivity index (χ2v) is 14.8. The summed E-state index contributed by atoms with van der Waals surface area (Å²) in [6.07, 6.45) is 2.48. The van der Waals surface area contributed by atoms with Crippen molar-refractivity contribution in [2.45, 2.75) is 32.2 Å². The molecule has 1 saturated carbocycles. The maximum absolute atomic E-state index is 14.5. The zero-order valence-electron chi connectivity index (χ0n) is 24.1. The summed E-state index contributed by atoms with van der Waals surface area (Å²) in [5.74, 6) is -5.22. The van der Waals surface area contributed by atoms with Crippen LogP contribution in [0.15, 0.2) is 59.5 Å². The van der Waals surface area contributed by atoms with E-state index in [0.29, 0.717) is 15.6 Å². The predicted molar refractivity (Wildman–Crippen MR) is 173 cm³/mol. The van der Waals surface area contributed by atoms with Gasteiger partial charge < -0.3 is 9.84 Å². The van der Waals surface area contributed by atoms with E-state index >= 15 is 0 Å². The molecule has 3 fully saturated rings. The first kappa shape index (κ1) is 30.4. The number of carbonyl (C=O) groups excluding carboxylic acids is 4. The highest BCUT2D eigenvalue weighted by Crippen LogP contribution is 2.64. The summed E-state index contributed by atoms with van der Waals surface area (Å²) in [4.78, 5) is 59.8. The van der Waals surface area contributed by atoms with E-state index in [4.69, 9.17) is 16.3 Å². The molecule has 0 radical (unpaired) electrons. The molecular weight excluding hydrogens is 734 g/mol. The van der Waals surface area contributed by atoms with Crippen LogP contribution < -0.4 is 9.64 Å². The number of methoxy groups -OCH3 is 1. The molecule has 12 heteroatoms. The molecule has 4 aliphatic rings. The van der Waals surface area contributed by atoms with E-state index in [0.717, 1.165) is 21.4 Å². The van der Waals surface area contributed by atoms with Gasteiger partial charge in [0.25, 0.3) is 0 Å². The Bertz CT molecular complexity index is 1830. The Morgan fingerprint density at radius 2 is 1.89 bits per heavy atom. The molecule has 2 saturated heterocycles. The molecule has 6 atom stereocenters. The van der Waals surface area contributed by atoms with Gasteiger partial charge in [-0.25, -0.2) is 9.29 Å². The number of carbonyl (C=O) groups is 4. The van der Waals surface area contributed by atoms with Crippen molar-refractivity contribution < 1.29 is 33.4 Å². The smallest absolute Gasteiger partial charge is 0.241 e. The van der Waals surface area contributed by atoms with Crippen LogP contribution in [0.25, 0.3) is 0 Å². The maximum Gasteiger partial charge on any atom is 0.241 e. The number of fused-ring (bicyclic) bond motifs is 4. The molecule has 2 aliphatic carbocycles. The highest BCUT2D eigenvalue weighted by molar-refractivity contribution is 14.1. The number of phenolic OH excluding ortho intramolecular Hbond substituents is 1. The highest BCUT2D eigenvalue weighted by atomic mass is 127. The topological polar surface area (TPSA) is 104 Å². The Labute approximate surface area is 280 Å².